The molecule has 1 aliphatic heterocycles. The van der Waals surface area contributed by atoms with Crippen LogP contribution in [0.4, 0.5) is 4.39 Å². The lowest BCUT2D eigenvalue weighted by Gasteiger charge is -2.39. The SMILES string of the molecule is C[N+]1(C)CCN(C(=O)c2ccnc(-c3ccc(Oc4ccc(F)cc4)cc3)c2)CC1. The third-order valence-corrected chi connectivity index (χ3v) is 5.44. The third-order valence-electron chi connectivity index (χ3n) is 5.44. The average molecular weight is 406 g/mol. The van der Waals surface area contributed by atoms with E-state index in [0.717, 1.165) is 41.9 Å². The second-order valence-electron chi connectivity index (χ2n) is 8.19. The Kier molecular flexibility index (Phi) is 5.50. The molecule has 1 saturated heterocycles. The van der Waals surface area contributed by atoms with Crippen LogP contribution in [-0.4, -0.2) is 60.5 Å². The van der Waals surface area contributed by atoms with E-state index >= 15 is 0 Å². The number of halogens is 1. The van der Waals surface area contributed by atoms with Crippen LogP contribution in [0.25, 0.3) is 11.3 Å². The number of pyridine rings is 1. The molecule has 4 rings (SSSR count). The van der Waals surface area contributed by atoms with Gasteiger partial charge < -0.3 is 14.1 Å². The minimum absolute atomic E-state index is 0.0506. The van der Waals surface area contributed by atoms with Gasteiger partial charge in [0.05, 0.1) is 46.0 Å². The second kappa shape index (κ2) is 8.24. The molecule has 1 amide bonds. The molecular formula is C24H25FN3O2+. The van der Waals surface area contributed by atoms with E-state index in [9.17, 15) is 9.18 Å². The predicted molar refractivity (Wildman–Crippen MR) is 114 cm³/mol. The van der Waals surface area contributed by atoms with Gasteiger partial charge in [0.15, 0.2) is 0 Å². The number of amides is 1. The summed E-state index contributed by atoms with van der Waals surface area (Å²) in [6, 6.07) is 17.0. The van der Waals surface area contributed by atoms with Crippen LogP contribution in [0.3, 0.4) is 0 Å². The lowest BCUT2D eigenvalue weighted by atomic mass is 10.1. The number of quaternary nitrogens is 1. The Morgan fingerprint density at radius 3 is 2.20 bits per heavy atom. The molecular weight excluding hydrogens is 381 g/mol. The van der Waals surface area contributed by atoms with Gasteiger partial charge in [-0.3, -0.25) is 9.78 Å². The molecule has 5 nitrogen and oxygen atoms in total. The number of hydrogen-bond acceptors (Lipinski definition) is 3. The fourth-order valence-corrected chi connectivity index (χ4v) is 3.45. The van der Waals surface area contributed by atoms with Crippen LogP contribution in [-0.2, 0) is 0 Å². The van der Waals surface area contributed by atoms with Crippen LogP contribution in [0.15, 0.2) is 66.9 Å². The van der Waals surface area contributed by atoms with Gasteiger partial charge in [-0.25, -0.2) is 4.39 Å². The standard InChI is InChI=1S/C24H25FN3O2/c1-28(2)15-13-27(14-16-28)24(29)19-11-12-26-23(17-19)18-3-7-21(8-4-18)30-22-9-5-20(25)6-10-22/h3-12,17H,13-16H2,1-2H3/q+1. The van der Waals surface area contributed by atoms with Crippen molar-refractivity contribution in [3.63, 3.8) is 0 Å². The molecule has 0 spiro atoms. The third kappa shape index (κ3) is 4.66. The highest BCUT2D eigenvalue weighted by Gasteiger charge is 2.27. The Balaban J connectivity index is 1.47. The van der Waals surface area contributed by atoms with Crippen molar-refractivity contribution in [2.75, 3.05) is 40.3 Å². The number of benzene rings is 2. The summed E-state index contributed by atoms with van der Waals surface area (Å²) >= 11 is 0. The molecule has 0 atom stereocenters. The lowest BCUT2D eigenvalue weighted by molar-refractivity contribution is -0.894. The zero-order valence-corrected chi connectivity index (χ0v) is 17.2. The summed E-state index contributed by atoms with van der Waals surface area (Å²) in [5.74, 6) is 0.963. The van der Waals surface area contributed by atoms with Crippen molar-refractivity contribution in [3.05, 3.63) is 78.2 Å². The van der Waals surface area contributed by atoms with E-state index in [1.807, 2.05) is 35.2 Å². The Morgan fingerprint density at radius 1 is 0.967 bits per heavy atom. The van der Waals surface area contributed by atoms with Crippen molar-refractivity contribution in [3.8, 4) is 22.8 Å². The molecule has 0 bridgehead atoms. The first-order valence-corrected chi connectivity index (χ1v) is 10.0. The summed E-state index contributed by atoms with van der Waals surface area (Å²) in [7, 11) is 4.38. The predicted octanol–water partition coefficient (Wildman–Crippen LogP) is 4.21. The van der Waals surface area contributed by atoms with E-state index in [0.29, 0.717) is 17.1 Å². The van der Waals surface area contributed by atoms with Crippen LogP contribution in [0.1, 0.15) is 10.4 Å². The van der Waals surface area contributed by atoms with Gasteiger partial charge in [-0.1, -0.05) is 0 Å². The smallest absolute Gasteiger partial charge is 0.254 e. The van der Waals surface area contributed by atoms with E-state index in [2.05, 4.69) is 19.1 Å². The summed E-state index contributed by atoms with van der Waals surface area (Å²) in [5.41, 5.74) is 2.29. The van der Waals surface area contributed by atoms with Crippen molar-refractivity contribution in [2.45, 2.75) is 0 Å². The van der Waals surface area contributed by atoms with Crippen molar-refractivity contribution in [1.82, 2.24) is 9.88 Å². The fraction of sp³-hybridized carbons (Fsp3) is 0.250. The minimum Gasteiger partial charge on any atom is -0.457 e. The summed E-state index contributed by atoms with van der Waals surface area (Å²) in [4.78, 5) is 19.3. The van der Waals surface area contributed by atoms with E-state index in [4.69, 9.17) is 4.74 Å². The normalized spacial score (nSPS) is 15.6. The number of piperazine rings is 1. The fourth-order valence-electron chi connectivity index (χ4n) is 3.45. The molecule has 2 aromatic carbocycles. The molecule has 30 heavy (non-hydrogen) atoms. The maximum atomic E-state index is 13.0. The summed E-state index contributed by atoms with van der Waals surface area (Å²) < 4.78 is 19.7. The molecule has 3 aromatic rings. The number of nitrogens with zero attached hydrogens (tertiary/aromatic N) is 3. The molecule has 2 heterocycles. The molecule has 0 aliphatic carbocycles. The molecule has 154 valence electrons. The number of carbonyl (C=O) groups is 1. The molecule has 1 aromatic heterocycles. The largest absolute Gasteiger partial charge is 0.457 e. The maximum absolute atomic E-state index is 13.0. The van der Waals surface area contributed by atoms with Gasteiger partial charge in [0, 0.05) is 17.3 Å². The number of likely N-dealkylation sites (N-methyl/N-ethyl adjacent to an activating group) is 1. The van der Waals surface area contributed by atoms with Crippen LogP contribution in [0, 0.1) is 5.82 Å². The number of hydrogen-bond donors (Lipinski definition) is 0. The highest BCUT2D eigenvalue weighted by atomic mass is 19.1. The molecule has 0 radical (unpaired) electrons. The van der Waals surface area contributed by atoms with Crippen molar-refractivity contribution >= 4 is 5.91 Å². The van der Waals surface area contributed by atoms with E-state index in [1.54, 1.807) is 24.4 Å². The van der Waals surface area contributed by atoms with Gasteiger partial charge in [-0.15, -0.1) is 0 Å². The molecule has 0 saturated carbocycles. The topological polar surface area (TPSA) is 42.4 Å². The number of carbonyl (C=O) groups excluding carboxylic acids is 1. The van der Waals surface area contributed by atoms with Gasteiger partial charge in [0.1, 0.15) is 17.3 Å². The highest BCUT2D eigenvalue weighted by Crippen LogP contribution is 2.26. The zero-order valence-electron chi connectivity index (χ0n) is 17.2. The van der Waals surface area contributed by atoms with Crippen LogP contribution in [0.2, 0.25) is 0 Å². The summed E-state index contributed by atoms with van der Waals surface area (Å²) in [6.45, 7) is 3.44. The zero-order chi connectivity index (χ0) is 21.1. The van der Waals surface area contributed by atoms with Gasteiger partial charge >= 0.3 is 0 Å². The Labute approximate surface area is 175 Å². The number of rotatable bonds is 4. The highest BCUT2D eigenvalue weighted by molar-refractivity contribution is 5.95. The number of aromatic nitrogens is 1. The average Bonchev–Trinajstić information content (AvgIpc) is 2.75. The first kappa shape index (κ1) is 20.0. The van der Waals surface area contributed by atoms with Gasteiger partial charge in [0.25, 0.3) is 5.91 Å². The molecule has 6 heteroatoms. The van der Waals surface area contributed by atoms with Crippen molar-refractivity contribution < 1.29 is 18.4 Å². The summed E-state index contributed by atoms with van der Waals surface area (Å²) in [5, 5.41) is 0. The Morgan fingerprint density at radius 2 is 1.57 bits per heavy atom. The molecule has 0 unspecified atom stereocenters. The number of ether oxygens (including phenoxy) is 1. The lowest BCUT2D eigenvalue weighted by Crippen LogP contribution is -2.56. The van der Waals surface area contributed by atoms with E-state index < -0.39 is 0 Å². The monoisotopic (exact) mass is 406 g/mol. The molecule has 1 fully saturated rings. The Bertz CT molecular complexity index is 1020. The van der Waals surface area contributed by atoms with Gasteiger partial charge in [0.2, 0.25) is 0 Å². The minimum atomic E-state index is -0.300. The van der Waals surface area contributed by atoms with Crippen LogP contribution >= 0.6 is 0 Å². The Hall–Kier alpha value is -3.25. The van der Waals surface area contributed by atoms with E-state index in [1.165, 1.54) is 12.1 Å². The van der Waals surface area contributed by atoms with Crippen molar-refractivity contribution in [2.24, 2.45) is 0 Å². The quantitative estimate of drug-likeness (QED) is 0.610. The van der Waals surface area contributed by atoms with Crippen LogP contribution in [0.5, 0.6) is 11.5 Å². The van der Waals surface area contributed by atoms with Gasteiger partial charge in [-0.2, -0.15) is 0 Å². The molecule has 0 N–H and O–H groups in total. The first-order chi connectivity index (χ1) is 14.4. The van der Waals surface area contributed by atoms with E-state index in [-0.39, 0.29) is 11.7 Å². The maximum Gasteiger partial charge on any atom is 0.254 e. The van der Waals surface area contributed by atoms with Gasteiger partial charge in [-0.05, 0) is 60.7 Å². The summed E-state index contributed by atoms with van der Waals surface area (Å²) in [6.07, 6.45) is 1.68. The first-order valence-electron chi connectivity index (χ1n) is 10.0. The second-order valence-corrected chi connectivity index (χ2v) is 8.19. The molecule has 1 aliphatic rings. The van der Waals surface area contributed by atoms with Crippen molar-refractivity contribution in [1.29, 1.82) is 0 Å². The van der Waals surface area contributed by atoms with Crippen LogP contribution < -0.4 is 4.74 Å².